The van der Waals surface area contributed by atoms with Crippen LogP contribution in [-0.4, -0.2) is 50.2 Å². The molecule has 4 nitrogen and oxygen atoms in total. The molecule has 0 aromatic carbocycles. The number of nitrogens with one attached hydrogen (secondary N) is 1. The molecule has 0 radical (unpaired) electrons. The maximum atomic E-state index is 9.79. The Bertz CT molecular complexity index is 233. The van der Waals surface area contributed by atoms with Crippen molar-refractivity contribution in [1.82, 2.24) is 5.32 Å². The standard InChI is InChI=1S/C14H29NO3/c1-5-6-7-18-10-11(16)9-15-12-8-13(17-4)14(12,2)3/h11-13,15-16H,5-10H2,1-4H3. The molecule has 1 aliphatic carbocycles. The van der Waals surface area contributed by atoms with Gasteiger partial charge in [-0.1, -0.05) is 27.2 Å². The minimum Gasteiger partial charge on any atom is -0.389 e. The molecule has 0 aromatic rings. The first-order valence-corrected chi connectivity index (χ1v) is 7.04. The average molecular weight is 259 g/mol. The van der Waals surface area contributed by atoms with Crippen LogP contribution in [0.4, 0.5) is 0 Å². The Kier molecular flexibility index (Phi) is 6.57. The summed E-state index contributed by atoms with van der Waals surface area (Å²) >= 11 is 0. The van der Waals surface area contributed by atoms with Crippen molar-refractivity contribution in [2.24, 2.45) is 5.41 Å². The van der Waals surface area contributed by atoms with Crippen molar-refractivity contribution in [1.29, 1.82) is 0 Å². The molecule has 3 atom stereocenters. The third-order valence-electron chi connectivity index (χ3n) is 4.01. The van der Waals surface area contributed by atoms with Crippen LogP contribution >= 0.6 is 0 Å². The molecule has 0 bridgehead atoms. The van der Waals surface area contributed by atoms with Crippen molar-refractivity contribution >= 4 is 0 Å². The first-order chi connectivity index (χ1) is 8.52. The van der Waals surface area contributed by atoms with E-state index in [2.05, 4.69) is 26.1 Å². The third kappa shape index (κ3) is 4.19. The fourth-order valence-electron chi connectivity index (χ4n) is 2.43. The Labute approximate surface area is 111 Å². The second kappa shape index (κ2) is 7.43. The Morgan fingerprint density at radius 2 is 2.17 bits per heavy atom. The molecule has 4 heteroatoms. The smallest absolute Gasteiger partial charge is 0.0897 e. The van der Waals surface area contributed by atoms with Gasteiger partial charge in [0.2, 0.25) is 0 Å². The predicted molar refractivity (Wildman–Crippen MR) is 72.7 cm³/mol. The lowest BCUT2D eigenvalue weighted by molar-refractivity contribution is -0.100. The van der Waals surface area contributed by atoms with E-state index in [1.807, 2.05) is 0 Å². The second-order valence-electron chi connectivity index (χ2n) is 5.82. The maximum absolute atomic E-state index is 9.79. The minimum atomic E-state index is -0.417. The van der Waals surface area contributed by atoms with E-state index in [0.29, 0.717) is 25.3 Å². The van der Waals surface area contributed by atoms with Crippen LogP contribution in [0.5, 0.6) is 0 Å². The van der Waals surface area contributed by atoms with Gasteiger partial charge in [-0.15, -0.1) is 0 Å². The highest BCUT2D eigenvalue weighted by Crippen LogP contribution is 2.42. The Hall–Kier alpha value is -0.160. The van der Waals surface area contributed by atoms with Gasteiger partial charge < -0.3 is 19.9 Å². The molecular weight excluding hydrogens is 230 g/mol. The highest BCUT2D eigenvalue weighted by molar-refractivity contribution is 5.02. The number of unbranched alkanes of at least 4 members (excludes halogenated alkanes) is 1. The zero-order valence-corrected chi connectivity index (χ0v) is 12.2. The van der Waals surface area contributed by atoms with E-state index in [1.165, 1.54) is 0 Å². The molecule has 3 unspecified atom stereocenters. The number of rotatable bonds is 9. The third-order valence-corrected chi connectivity index (χ3v) is 4.01. The molecule has 1 fully saturated rings. The topological polar surface area (TPSA) is 50.7 Å². The van der Waals surface area contributed by atoms with E-state index >= 15 is 0 Å². The van der Waals surface area contributed by atoms with Gasteiger partial charge in [0, 0.05) is 31.7 Å². The molecule has 0 aromatic heterocycles. The summed E-state index contributed by atoms with van der Waals surface area (Å²) in [6.45, 7) is 8.30. The Morgan fingerprint density at radius 3 is 2.72 bits per heavy atom. The molecular formula is C14H29NO3. The van der Waals surface area contributed by atoms with Gasteiger partial charge in [-0.3, -0.25) is 0 Å². The van der Waals surface area contributed by atoms with Crippen LogP contribution in [-0.2, 0) is 9.47 Å². The molecule has 1 aliphatic rings. The number of methoxy groups -OCH3 is 1. The van der Waals surface area contributed by atoms with Crippen molar-refractivity contribution in [3.63, 3.8) is 0 Å². The fraction of sp³-hybridized carbons (Fsp3) is 1.00. The van der Waals surface area contributed by atoms with Gasteiger partial charge in [0.15, 0.2) is 0 Å². The monoisotopic (exact) mass is 259 g/mol. The SMILES string of the molecule is CCCCOCC(O)CNC1CC(OC)C1(C)C. The van der Waals surface area contributed by atoms with E-state index in [-0.39, 0.29) is 5.41 Å². The van der Waals surface area contributed by atoms with Crippen LogP contribution in [0.1, 0.15) is 40.0 Å². The van der Waals surface area contributed by atoms with Crippen LogP contribution in [0.3, 0.4) is 0 Å². The number of hydrogen-bond acceptors (Lipinski definition) is 4. The largest absolute Gasteiger partial charge is 0.389 e. The first kappa shape index (κ1) is 15.9. The molecule has 1 saturated carbocycles. The van der Waals surface area contributed by atoms with Gasteiger partial charge in [0.05, 0.1) is 18.8 Å². The van der Waals surface area contributed by atoms with Crippen LogP contribution in [0.25, 0.3) is 0 Å². The summed E-state index contributed by atoms with van der Waals surface area (Å²) in [7, 11) is 1.76. The summed E-state index contributed by atoms with van der Waals surface area (Å²) in [6.07, 6.45) is 3.12. The van der Waals surface area contributed by atoms with E-state index < -0.39 is 6.10 Å². The van der Waals surface area contributed by atoms with Crippen LogP contribution in [0.15, 0.2) is 0 Å². The van der Waals surface area contributed by atoms with Gasteiger partial charge in [-0.2, -0.15) is 0 Å². The zero-order valence-electron chi connectivity index (χ0n) is 12.2. The van der Waals surface area contributed by atoms with E-state index in [0.717, 1.165) is 25.9 Å². The van der Waals surface area contributed by atoms with Crippen LogP contribution in [0, 0.1) is 5.41 Å². The summed E-state index contributed by atoms with van der Waals surface area (Å²) in [6, 6.07) is 0.424. The van der Waals surface area contributed by atoms with E-state index in [4.69, 9.17) is 9.47 Å². The highest BCUT2D eigenvalue weighted by atomic mass is 16.5. The van der Waals surface area contributed by atoms with Crippen LogP contribution in [0.2, 0.25) is 0 Å². The first-order valence-electron chi connectivity index (χ1n) is 7.04. The molecule has 0 aliphatic heterocycles. The van der Waals surface area contributed by atoms with Crippen molar-refractivity contribution in [2.45, 2.75) is 58.3 Å². The number of ether oxygens (including phenoxy) is 2. The summed E-state index contributed by atoms with van der Waals surface area (Å²) in [4.78, 5) is 0. The van der Waals surface area contributed by atoms with Crippen LogP contribution < -0.4 is 5.32 Å². The van der Waals surface area contributed by atoms with Gasteiger partial charge in [-0.05, 0) is 12.8 Å². The van der Waals surface area contributed by atoms with E-state index in [1.54, 1.807) is 7.11 Å². The summed E-state index contributed by atoms with van der Waals surface area (Å²) in [5.41, 5.74) is 0.150. The molecule has 1 rings (SSSR count). The van der Waals surface area contributed by atoms with Crippen molar-refractivity contribution in [3.05, 3.63) is 0 Å². The van der Waals surface area contributed by atoms with E-state index in [9.17, 15) is 5.11 Å². The predicted octanol–water partition coefficient (Wildman–Crippen LogP) is 1.57. The average Bonchev–Trinajstić information content (AvgIpc) is 2.33. The summed E-state index contributed by atoms with van der Waals surface area (Å²) < 4.78 is 10.8. The lowest BCUT2D eigenvalue weighted by Crippen LogP contribution is -2.61. The number of aliphatic hydroxyl groups is 1. The minimum absolute atomic E-state index is 0.150. The summed E-state index contributed by atoms with van der Waals surface area (Å²) in [5, 5.41) is 13.2. The van der Waals surface area contributed by atoms with Gasteiger partial charge in [-0.25, -0.2) is 0 Å². The molecule has 0 saturated heterocycles. The normalized spacial score (nSPS) is 27.8. The number of hydrogen-bond donors (Lipinski definition) is 2. The van der Waals surface area contributed by atoms with Crippen molar-refractivity contribution < 1.29 is 14.6 Å². The summed E-state index contributed by atoms with van der Waals surface area (Å²) in [5.74, 6) is 0. The fourth-order valence-corrected chi connectivity index (χ4v) is 2.43. The van der Waals surface area contributed by atoms with Gasteiger partial charge >= 0.3 is 0 Å². The number of aliphatic hydroxyl groups excluding tert-OH is 1. The molecule has 18 heavy (non-hydrogen) atoms. The molecule has 0 heterocycles. The molecule has 0 spiro atoms. The quantitative estimate of drug-likeness (QED) is 0.617. The lowest BCUT2D eigenvalue weighted by Gasteiger charge is -2.51. The van der Waals surface area contributed by atoms with Crippen molar-refractivity contribution in [3.8, 4) is 0 Å². The zero-order chi connectivity index (χ0) is 13.6. The highest BCUT2D eigenvalue weighted by Gasteiger charge is 2.48. The Balaban J connectivity index is 2.10. The molecule has 108 valence electrons. The second-order valence-corrected chi connectivity index (χ2v) is 5.82. The van der Waals surface area contributed by atoms with Gasteiger partial charge in [0.25, 0.3) is 0 Å². The maximum Gasteiger partial charge on any atom is 0.0897 e. The van der Waals surface area contributed by atoms with Gasteiger partial charge in [0.1, 0.15) is 0 Å². The molecule has 2 N–H and O–H groups in total. The van der Waals surface area contributed by atoms with Crippen molar-refractivity contribution in [2.75, 3.05) is 26.9 Å². The Morgan fingerprint density at radius 1 is 1.44 bits per heavy atom. The molecule has 0 amide bonds. The lowest BCUT2D eigenvalue weighted by atomic mass is 9.64.